The first-order valence-corrected chi connectivity index (χ1v) is 6.15. The second kappa shape index (κ2) is 7.28. The molecule has 0 aromatic heterocycles. The topological polar surface area (TPSA) is 12.0 Å². The van der Waals surface area contributed by atoms with Gasteiger partial charge in [-0.3, -0.25) is 0 Å². The molecule has 14 heavy (non-hydrogen) atoms. The molecule has 0 amide bonds. The molecule has 0 bridgehead atoms. The highest BCUT2D eigenvalue weighted by Gasteiger charge is 2.12. The fourth-order valence-corrected chi connectivity index (χ4v) is 1.80. The van der Waals surface area contributed by atoms with Crippen LogP contribution >= 0.6 is 0 Å². The summed E-state index contributed by atoms with van der Waals surface area (Å²) in [5.41, 5.74) is 0. The van der Waals surface area contributed by atoms with E-state index in [2.05, 4.69) is 46.9 Å². The summed E-state index contributed by atoms with van der Waals surface area (Å²) in [7, 11) is 0. The molecule has 1 heteroatoms. The van der Waals surface area contributed by atoms with Gasteiger partial charge in [0.05, 0.1) is 0 Å². The van der Waals surface area contributed by atoms with Gasteiger partial charge in [0.2, 0.25) is 0 Å². The Labute approximate surface area is 90.7 Å². The molecule has 0 fully saturated rings. The van der Waals surface area contributed by atoms with Gasteiger partial charge in [-0.05, 0) is 37.1 Å². The van der Waals surface area contributed by atoms with Gasteiger partial charge in [0.15, 0.2) is 0 Å². The van der Waals surface area contributed by atoms with Crippen molar-refractivity contribution in [1.29, 1.82) is 0 Å². The highest BCUT2D eigenvalue weighted by Crippen LogP contribution is 2.13. The Kier molecular flexibility index (Phi) is 7.26. The van der Waals surface area contributed by atoms with E-state index in [0.717, 1.165) is 30.3 Å². The lowest BCUT2D eigenvalue weighted by Crippen LogP contribution is -2.34. The normalized spacial score (nSPS) is 12.4. The molecular weight excluding hydrogens is 170 g/mol. The third kappa shape index (κ3) is 8.55. The van der Waals surface area contributed by atoms with Crippen LogP contribution in [-0.2, 0) is 0 Å². The summed E-state index contributed by atoms with van der Waals surface area (Å²) in [5, 5.41) is 3.68. The summed E-state index contributed by atoms with van der Waals surface area (Å²) in [5.74, 6) is 2.37. The molecule has 0 rings (SSSR count). The van der Waals surface area contributed by atoms with E-state index in [9.17, 15) is 0 Å². The monoisotopic (exact) mass is 199 g/mol. The van der Waals surface area contributed by atoms with Crippen molar-refractivity contribution in [1.82, 2.24) is 5.32 Å². The van der Waals surface area contributed by atoms with Crippen molar-refractivity contribution in [3.8, 4) is 0 Å². The van der Waals surface area contributed by atoms with E-state index in [1.165, 1.54) is 12.8 Å². The maximum Gasteiger partial charge on any atom is 0.00720 e. The minimum atomic E-state index is 0.720. The van der Waals surface area contributed by atoms with E-state index in [-0.39, 0.29) is 0 Å². The van der Waals surface area contributed by atoms with Crippen LogP contribution < -0.4 is 5.32 Å². The van der Waals surface area contributed by atoms with Crippen LogP contribution in [0.5, 0.6) is 0 Å². The average molecular weight is 199 g/mol. The Morgan fingerprint density at radius 3 is 1.43 bits per heavy atom. The number of rotatable bonds is 7. The van der Waals surface area contributed by atoms with Gasteiger partial charge < -0.3 is 5.32 Å². The van der Waals surface area contributed by atoms with Crippen molar-refractivity contribution in [3.05, 3.63) is 0 Å². The molecule has 86 valence electrons. The van der Waals surface area contributed by atoms with Crippen LogP contribution in [0.25, 0.3) is 0 Å². The lowest BCUT2D eigenvalue weighted by Gasteiger charge is -2.23. The van der Waals surface area contributed by atoms with Crippen LogP contribution in [0.2, 0.25) is 0 Å². The second-order valence-electron chi connectivity index (χ2n) is 5.76. The summed E-state index contributed by atoms with van der Waals surface area (Å²) < 4.78 is 0. The first-order valence-electron chi connectivity index (χ1n) is 6.15. The summed E-state index contributed by atoms with van der Waals surface area (Å²) in [6.45, 7) is 14.9. The average Bonchev–Trinajstić information content (AvgIpc) is 1.97. The molecule has 0 atom stereocenters. The third-order valence-corrected chi connectivity index (χ3v) is 2.33. The Morgan fingerprint density at radius 1 is 0.714 bits per heavy atom. The fourth-order valence-electron chi connectivity index (χ4n) is 1.80. The van der Waals surface area contributed by atoms with Crippen molar-refractivity contribution < 1.29 is 0 Å². The maximum atomic E-state index is 3.68. The molecule has 0 spiro atoms. The number of hydrogen-bond donors (Lipinski definition) is 1. The molecule has 0 aliphatic heterocycles. The van der Waals surface area contributed by atoms with E-state index in [4.69, 9.17) is 0 Å². The summed E-state index contributed by atoms with van der Waals surface area (Å²) >= 11 is 0. The van der Waals surface area contributed by atoms with Gasteiger partial charge in [-0.25, -0.2) is 0 Å². The van der Waals surface area contributed by atoms with E-state index < -0.39 is 0 Å². The van der Waals surface area contributed by atoms with Crippen molar-refractivity contribution in [2.75, 3.05) is 6.54 Å². The molecule has 1 nitrogen and oxygen atoms in total. The molecular formula is C13H29N. The maximum absolute atomic E-state index is 3.68. The minimum absolute atomic E-state index is 0.720. The first-order chi connectivity index (χ1) is 6.41. The minimum Gasteiger partial charge on any atom is -0.314 e. The molecule has 0 radical (unpaired) electrons. The predicted molar refractivity (Wildman–Crippen MR) is 65.5 cm³/mol. The smallest absolute Gasteiger partial charge is 0.00720 e. The molecule has 0 saturated heterocycles. The second-order valence-corrected chi connectivity index (χ2v) is 5.76. The molecule has 1 N–H and O–H groups in total. The lowest BCUT2D eigenvalue weighted by atomic mass is 9.95. The van der Waals surface area contributed by atoms with Gasteiger partial charge in [-0.1, -0.05) is 41.5 Å². The quantitative estimate of drug-likeness (QED) is 0.659. The third-order valence-electron chi connectivity index (χ3n) is 2.33. The van der Waals surface area contributed by atoms with E-state index in [1.54, 1.807) is 0 Å². The Hall–Kier alpha value is -0.0400. The van der Waals surface area contributed by atoms with Crippen LogP contribution in [0.4, 0.5) is 0 Å². The van der Waals surface area contributed by atoms with E-state index in [0.29, 0.717) is 0 Å². The van der Waals surface area contributed by atoms with Gasteiger partial charge in [0.25, 0.3) is 0 Å². The Morgan fingerprint density at radius 2 is 1.14 bits per heavy atom. The molecule has 0 aliphatic carbocycles. The zero-order valence-corrected chi connectivity index (χ0v) is 10.9. The lowest BCUT2D eigenvalue weighted by molar-refractivity contribution is 0.346. The van der Waals surface area contributed by atoms with Crippen LogP contribution in [-0.4, -0.2) is 12.6 Å². The van der Waals surface area contributed by atoms with Gasteiger partial charge in [0.1, 0.15) is 0 Å². The molecule has 0 saturated carbocycles. The summed E-state index contributed by atoms with van der Waals surface area (Å²) in [4.78, 5) is 0. The van der Waals surface area contributed by atoms with Gasteiger partial charge in [-0.2, -0.15) is 0 Å². The Balaban J connectivity index is 3.84. The largest absolute Gasteiger partial charge is 0.314 e. The zero-order valence-electron chi connectivity index (χ0n) is 10.9. The van der Waals surface area contributed by atoms with Gasteiger partial charge in [0, 0.05) is 6.04 Å². The van der Waals surface area contributed by atoms with Gasteiger partial charge in [-0.15, -0.1) is 0 Å². The highest BCUT2D eigenvalue weighted by atomic mass is 14.9. The standard InChI is InChI=1S/C13H29N/c1-10(2)7-13(8-11(3)4)14-9-12(5)6/h10-14H,7-9H2,1-6H3. The summed E-state index contributed by atoms with van der Waals surface area (Å²) in [6.07, 6.45) is 2.62. The summed E-state index contributed by atoms with van der Waals surface area (Å²) in [6, 6.07) is 0.720. The SMILES string of the molecule is CC(C)CNC(CC(C)C)CC(C)C. The number of hydrogen-bond acceptors (Lipinski definition) is 1. The van der Waals surface area contributed by atoms with Crippen molar-refractivity contribution in [3.63, 3.8) is 0 Å². The van der Waals surface area contributed by atoms with Crippen LogP contribution in [0.3, 0.4) is 0 Å². The van der Waals surface area contributed by atoms with Crippen LogP contribution in [0, 0.1) is 17.8 Å². The van der Waals surface area contributed by atoms with E-state index >= 15 is 0 Å². The molecule has 0 heterocycles. The predicted octanol–water partition coefficient (Wildman–Crippen LogP) is 3.69. The molecule has 0 aromatic rings. The molecule has 0 aliphatic rings. The number of nitrogens with one attached hydrogen (secondary N) is 1. The van der Waals surface area contributed by atoms with Crippen molar-refractivity contribution >= 4 is 0 Å². The van der Waals surface area contributed by atoms with Gasteiger partial charge >= 0.3 is 0 Å². The molecule has 0 unspecified atom stereocenters. The zero-order chi connectivity index (χ0) is 11.1. The van der Waals surface area contributed by atoms with Crippen molar-refractivity contribution in [2.45, 2.75) is 60.4 Å². The Bertz CT molecular complexity index is 117. The van der Waals surface area contributed by atoms with Crippen LogP contribution in [0.1, 0.15) is 54.4 Å². The van der Waals surface area contributed by atoms with Crippen molar-refractivity contribution in [2.24, 2.45) is 17.8 Å². The molecule has 0 aromatic carbocycles. The van der Waals surface area contributed by atoms with Crippen LogP contribution in [0.15, 0.2) is 0 Å². The highest BCUT2D eigenvalue weighted by molar-refractivity contribution is 4.70. The first kappa shape index (κ1) is 14.0. The van der Waals surface area contributed by atoms with E-state index in [1.807, 2.05) is 0 Å². The fraction of sp³-hybridized carbons (Fsp3) is 1.00.